The maximum atomic E-state index is 11.7. The van der Waals surface area contributed by atoms with E-state index in [2.05, 4.69) is 58.0 Å². The van der Waals surface area contributed by atoms with Crippen molar-refractivity contribution in [3.05, 3.63) is 72.9 Å². The van der Waals surface area contributed by atoms with Crippen LogP contribution in [0.3, 0.4) is 0 Å². The molecule has 0 atom stereocenters. The van der Waals surface area contributed by atoms with Crippen LogP contribution < -0.4 is 37.4 Å². The Balaban J connectivity index is 0.000000887. The third kappa shape index (κ3) is 63.9. The number of nitrogens with zero attached hydrogens (tertiary/aromatic N) is 10. The van der Waals surface area contributed by atoms with Gasteiger partial charge in [0.1, 0.15) is 35.3 Å². The van der Waals surface area contributed by atoms with Gasteiger partial charge in [-0.2, -0.15) is 0 Å². The predicted octanol–water partition coefficient (Wildman–Crippen LogP) is -0.394. The summed E-state index contributed by atoms with van der Waals surface area (Å²) in [7, 11) is 0. The Bertz CT molecular complexity index is 4650. The fraction of sp³-hybridized carbons (Fsp3) is 0.573. The number of carbonyl (C=O) groups excluding carboxylic acids is 25. The number of hydrogen-bond donors (Lipinski definition) is 7. The molecule has 0 spiro atoms. The third-order valence-corrected chi connectivity index (χ3v) is 19.3. The third-order valence-electron chi connectivity index (χ3n) is 19.3. The summed E-state index contributed by atoms with van der Waals surface area (Å²) in [5, 5.41) is 30.0. The molecule has 0 saturated carbocycles. The van der Waals surface area contributed by atoms with Gasteiger partial charge in [0.05, 0.1) is 78.4 Å². The normalized spacial score (nSPS) is 13.9. The molecule has 6 aliphatic rings. The van der Waals surface area contributed by atoms with E-state index in [9.17, 15) is 120 Å². The van der Waals surface area contributed by atoms with Crippen LogP contribution in [-0.4, -0.2) is 365 Å². The van der Waals surface area contributed by atoms with Gasteiger partial charge in [-0.05, 0) is 40.5 Å². The number of rotatable bonds is 69. The Hall–Kier alpha value is -14.7. The molecular formula is C96H139N17O34. The molecule has 6 aliphatic heterocycles. The zero-order valence-corrected chi connectivity index (χ0v) is 85.2. The fourth-order valence-electron chi connectivity index (χ4n) is 10.8. The van der Waals surface area contributed by atoms with Gasteiger partial charge < -0.3 is 70.2 Å². The highest BCUT2D eigenvalue weighted by Gasteiger charge is 2.30. The van der Waals surface area contributed by atoms with Crippen LogP contribution in [0.2, 0.25) is 0 Å². The van der Waals surface area contributed by atoms with Gasteiger partial charge in [-0.1, -0.05) is 76.0 Å². The van der Waals surface area contributed by atoms with Crippen LogP contribution in [0.4, 0.5) is 0 Å². The number of oxime groups is 4. The predicted molar refractivity (Wildman–Crippen MR) is 523 cm³/mol. The first-order chi connectivity index (χ1) is 69.8. The number of ketones is 6. The number of nitrogens with one attached hydrogen (secondary N) is 7. The van der Waals surface area contributed by atoms with E-state index in [4.69, 9.17) is 43.1 Å². The largest absolute Gasteiger partial charge is 0.393 e. The summed E-state index contributed by atoms with van der Waals surface area (Å²) in [5.41, 5.74) is 2.06. The number of hydroxylamine groups is 1. The van der Waals surface area contributed by atoms with Gasteiger partial charge in [-0.15, -0.1) is 0 Å². The van der Waals surface area contributed by atoms with Gasteiger partial charge in [-0.25, -0.2) is 5.48 Å². The van der Waals surface area contributed by atoms with E-state index in [1.807, 2.05) is 55.4 Å². The molecule has 0 fully saturated rings. The van der Waals surface area contributed by atoms with Crippen LogP contribution in [-0.2, 0) is 163 Å². The quantitative estimate of drug-likeness (QED) is 0.0176. The molecule has 0 aromatic carbocycles. The Morgan fingerprint density at radius 3 is 0.762 bits per heavy atom. The molecule has 19 amide bonds. The van der Waals surface area contributed by atoms with Crippen molar-refractivity contribution in [2.75, 3.05) is 151 Å². The van der Waals surface area contributed by atoms with Crippen LogP contribution >= 0.6 is 0 Å². The summed E-state index contributed by atoms with van der Waals surface area (Å²) in [6, 6.07) is 0. The molecule has 0 radical (unpaired) electrons. The first kappa shape index (κ1) is 130. The number of Topliss-reactive ketones (excluding diaryl/α,β-unsaturated/α-hetero) is 6. The van der Waals surface area contributed by atoms with Crippen LogP contribution in [0, 0.1) is 23.7 Å². The van der Waals surface area contributed by atoms with Crippen molar-refractivity contribution in [1.82, 2.24) is 66.8 Å². The minimum absolute atomic E-state index is 0.00774. The molecule has 0 aromatic rings. The monoisotopic (exact) mass is 2070 g/mol. The molecule has 7 N–H and O–H groups in total. The summed E-state index contributed by atoms with van der Waals surface area (Å²) in [6.07, 6.45) is 22.8. The Labute approximate surface area is 851 Å². The molecule has 0 saturated heterocycles. The molecule has 0 bridgehead atoms. The van der Waals surface area contributed by atoms with Crippen molar-refractivity contribution in [2.45, 2.75) is 185 Å². The lowest BCUT2D eigenvalue weighted by atomic mass is 10.1. The van der Waals surface area contributed by atoms with E-state index in [1.165, 1.54) is 79.4 Å². The van der Waals surface area contributed by atoms with Crippen LogP contribution in [0.15, 0.2) is 93.5 Å². The fourth-order valence-corrected chi connectivity index (χ4v) is 10.8. The SMILES string of the molecule is CC(C)C(=O)CCOCCNC(=O)CCN1C(=O)C=CC1=O.CC(C)C(=O)CCOCCNC(=O)CONC(=O)CCN1C(=O)C=CC1=O.CC(C)C(=O)CON=CCCC(=O)CCOCCNC(=O)CCN1C(=O)C=CC1=O.CC(C)C(=O)CON=CCNC(=O)CCN1C(=O)C=CC1=O.CC(C)ON=CCCC(=O)CCOCCNC(=O)CCN1C(=O)C=CC1=O.CC(C)ON=CCNC(=O)CCN1C(=O)C=CC1=O. The standard InChI is InChI=1S/C20H29N3O7.C18H27N3O6.C17H25N3O7.C15H22N2O5.C14H19N3O5.C12H17N3O4/c1-15(2)17(25)14-30-22-9-3-4-16(24)8-12-29-13-10-21-18(26)7-11-23-19(27)5-6-20(23)28;1-14(2)27-20-9-3-4-15(22)8-12-26-13-10-19-16(23)7-11-21-17(24)5-6-18(21)25;1-12(2)13(21)6-9-26-10-7-18-15(23)11-27-19-14(22)5-8-20-16(24)3-4-17(20)25;1-11(2)12(18)6-9-22-10-7-16-13(19)5-8-17-14(20)3-4-15(17)21;1-10(2)11(18)9-22-16-7-6-15-12(19)5-8-17-13(20)3-4-14(17)21;1-9(2)19-14-7-6-13-10(16)5-8-15-11(17)3-4-12(15)18/h5-6,9,15H,3-4,7-8,10-14H2,1-2H3,(H,21,26);5-6,9,14H,3-4,7-8,10-13H2,1-2H3,(H,19,23);3-4,12H,5-11H2,1-2H3,(H,18,23)(H,19,22);3-4,11H,5-10H2,1-2H3,(H,16,19);3-4,7,10H,5-6,8-9H2,1-2H3,(H,15,19);3-4,7,9H,5-6,8H2,1-2H3,(H,13,16). The van der Waals surface area contributed by atoms with Gasteiger partial charge >= 0.3 is 0 Å². The van der Waals surface area contributed by atoms with E-state index in [1.54, 1.807) is 33.9 Å². The maximum absolute atomic E-state index is 11.7. The average Bonchev–Trinajstić information content (AvgIpc) is 1.77. The Morgan fingerprint density at radius 2 is 0.490 bits per heavy atom. The van der Waals surface area contributed by atoms with Crippen LogP contribution in [0.1, 0.15) is 173 Å². The molecule has 6 heterocycles. The summed E-state index contributed by atoms with van der Waals surface area (Å²) < 4.78 is 21.1. The molecule has 51 heteroatoms. The van der Waals surface area contributed by atoms with Gasteiger partial charge in [0.15, 0.2) is 31.4 Å². The van der Waals surface area contributed by atoms with Gasteiger partial charge in [0.25, 0.3) is 70.9 Å². The van der Waals surface area contributed by atoms with Crippen molar-refractivity contribution in [1.29, 1.82) is 0 Å². The second kappa shape index (κ2) is 77.7. The lowest BCUT2D eigenvalue weighted by molar-refractivity contribution is -0.142. The lowest BCUT2D eigenvalue weighted by Gasteiger charge is -2.13. The first-order valence-corrected chi connectivity index (χ1v) is 47.7. The summed E-state index contributed by atoms with van der Waals surface area (Å²) in [4.78, 5) is 315. The minimum atomic E-state index is -0.562. The van der Waals surface area contributed by atoms with Crippen molar-refractivity contribution in [2.24, 2.45) is 44.3 Å². The lowest BCUT2D eigenvalue weighted by Crippen LogP contribution is -2.37. The minimum Gasteiger partial charge on any atom is -0.393 e. The number of ether oxygens (including phenoxy) is 4. The highest BCUT2D eigenvalue weighted by molar-refractivity contribution is 6.16. The van der Waals surface area contributed by atoms with Crippen molar-refractivity contribution in [3.63, 3.8) is 0 Å². The Kier molecular flexibility index (Phi) is 68.9. The highest BCUT2D eigenvalue weighted by atomic mass is 16.7. The van der Waals surface area contributed by atoms with Gasteiger partial charge in [-0.3, -0.25) is 154 Å². The van der Waals surface area contributed by atoms with Crippen LogP contribution in [0.5, 0.6) is 0 Å². The van der Waals surface area contributed by atoms with Crippen molar-refractivity contribution < 1.29 is 163 Å². The van der Waals surface area contributed by atoms with Gasteiger partial charge in [0, 0.05) is 252 Å². The number of imide groups is 6. The molecule has 0 aromatic heterocycles. The van der Waals surface area contributed by atoms with Crippen molar-refractivity contribution in [3.8, 4) is 0 Å². The maximum Gasteiger partial charge on any atom is 0.253 e. The summed E-state index contributed by atoms with van der Waals surface area (Å²) >= 11 is 0. The molecule has 147 heavy (non-hydrogen) atoms. The van der Waals surface area contributed by atoms with E-state index >= 15 is 0 Å². The molecule has 51 nitrogen and oxygen atoms in total. The molecule has 812 valence electrons. The van der Waals surface area contributed by atoms with E-state index in [0.29, 0.717) is 77.9 Å². The van der Waals surface area contributed by atoms with E-state index in [-0.39, 0.29) is 275 Å². The van der Waals surface area contributed by atoms with Gasteiger partial charge in [0.2, 0.25) is 41.4 Å². The van der Waals surface area contributed by atoms with E-state index in [0.717, 1.165) is 41.6 Å². The number of carbonyl (C=O) groups is 25. The summed E-state index contributed by atoms with van der Waals surface area (Å²) in [5.74, 6) is -7.34. The molecule has 6 rings (SSSR count). The zero-order valence-electron chi connectivity index (χ0n) is 85.2. The average molecular weight is 2080 g/mol. The highest BCUT2D eigenvalue weighted by Crippen LogP contribution is 2.12. The number of amides is 19. The topological polar surface area (TPSA) is 663 Å². The summed E-state index contributed by atoms with van der Waals surface area (Å²) in [6.45, 7) is 25.3. The zero-order chi connectivity index (χ0) is 110. The molecule has 0 unspecified atom stereocenters. The molecule has 0 aliphatic carbocycles. The van der Waals surface area contributed by atoms with E-state index < -0.39 is 70.9 Å². The first-order valence-electron chi connectivity index (χ1n) is 47.7. The molecular weight excluding hydrogens is 1940 g/mol. The second-order valence-corrected chi connectivity index (χ2v) is 33.4. The van der Waals surface area contributed by atoms with Crippen molar-refractivity contribution >= 4 is 172 Å². The van der Waals surface area contributed by atoms with Crippen LogP contribution in [0.25, 0.3) is 0 Å². The Morgan fingerprint density at radius 1 is 0.259 bits per heavy atom. The second-order valence-electron chi connectivity index (χ2n) is 33.4. The smallest absolute Gasteiger partial charge is 0.253 e. The number of hydrogen-bond acceptors (Lipinski definition) is 38.